The van der Waals surface area contributed by atoms with E-state index in [2.05, 4.69) is 71.3 Å². The molecule has 0 radical (unpaired) electrons. The number of anilines is 2. The molecule has 1 aliphatic rings. The number of thioether (sulfide) groups is 1. The van der Waals surface area contributed by atoms with Crippen molar-refractivity contribution >= 4 is 45.7 Å². The summed E-state index contributed by atoms with van der Waals surface area (Å²) >= 11 is 4.37. The predicted molar refractivity (Wildman–Crippen MR) is 86.9 cm³/mol. The Labute approximate surface area is 121 Å². The maximum Gasteiger partial charge on any atom is 0.0600 e. The van der Waals surface area contributed by atoms with Crippen LogP contribution >= 0.6 is 34.4 Å². The Bertz CT molecular complexity index is 406. The topological polar surface area (TPSA) is 29.3 Å². The lowest BCUT2D eigenvalue weighted by Gasteiger charge is -2.25. The van der Waals surface area contributed by atoms with Gasteiger partial charge in [0.2, 0.25) is 0 Å². The SMILES string of the molecule is CC1(C)CCN(c2ccc(I)cc2N)CCS1. The number of nitrogen functional groups attached to an aromatic ring is 1. The number of hydrogen-bond donors (Lipinski definition) is 1. The molecule has 94 valence electrons. The van der Waals surface area contributed by atoms with Crippen LogP contribution < -0.4 is 10.6 Å². The summed E-state index contributed by atoms with van der Waals surface area (Å²) in [6.07, 6.45) is 1.21. The summed E-state index contributed by atoms with van der Waals surface area (Å²) in [4.78, 5) is 2.42. The molecule has 1 aliphatic heterocycles. The lowest BCUT2D eigenvalue weighted by molar-refractivity contribution is 0.638. The van der Waals surface area contributed by atoms with E-state index in [4.69, 9.17) is 5.73 Å². The Morgan fingerprint density at radius 1 is 1.35 bits per heavy atom. The van der Waals surface area contributed by atoms with E-state index in [0.29, 0.717) is 4.75 Å². The first-order valence-corrected chi connectivity index (χ1v) is 7.98. The van der Waals surface area contributed by atoms with Crippen LogP contribution in [-0.4, -0.2) is 23.6 Å². The third-order valence-electron chi connectivity index (χ3n) is 3.17. The van der Waals surface area contributed by atoms with Crippen LogP contribution in [0.3, 0.4) is 0 Å². The number of hydrogen-bond acceptors (Lipinski definition) is 3. The molecule has 1 aromatic carbocycles. The Hall–Kier alpha value is -0.100. The molecule has 0 amide bonds. The monoisotopic (exact) mass is 362 g/mol. The van der Waals surface area contributed by atoms with Gasteiger partial charge in [-0.25, -0.2) is 0 Å². The van der Waals surface area contributed by atoms with Gasteiger partial charge in [0, 0.05) is 27.2 Å². The van der Waals surface area contributed by atoms with Crippen molar-refractivity contribution < 1.29 is 0 Å². The molecule has 0 aromatic heterocycles. The fourth-order valence-corrected chi connectivity index (χ4v) is 3.69. The Balaban J connectivity index is 2.17. The molecule has 1 heterocycles. The van der Waals surface area contributed by atoms with Crippen molar-refractivity contribution in [2.24, 2.45) is 0 Å². The lowest BCUT2D eigenvalue weighted by atomic mass is 10.1. The van der Waals surface area contributed by atoms with Gasteiger partial charge >= 0.3 is 0 Å². The summed E-state index contributed by atoms with van der Waals surface area (Å²) in [5.41, 5.74) is 8.22. The molecule has 1 saturated heterocycles. The Kier molecular flexibility index (Phi) is 4.13. The zero-order valence-electron chi connectivity index (χ0n) is 10.4. The third kappa shape index (κ3) is 3.44. The van der Waals surface area contributed by atoms with Crippen molar-refractivity contribution in [2.45, 2.75) is 25.0 Å². The van der Waals surface area contributed by atoms with Crippen LogP contribution in [0.5, 0.6) is 0 Å². The summed E-state index contributed by atoms with van der Waals surface area (Å²) in [7, 11) is 0. The van der Waals surface area contributed by atoms with Crippen molar-refractivity contribution in [3.63, 3.8) is 0 Å². The first kappa shape index (κ1) is 13.3. The summed E-state index contributed by atoms with van der Waals surface area (Å²) in [5.74, 6) is 1.18. The van der Waals surface area contributed by atoms with E-state index in [1.807, 2.05) is 0 Å². The maximum absolute atomic E-state index is 6.12. The highest BCUT2D eigenvalue weighted by Crippen LogP contribution is 2.34. The van der Waals surface area contributed by atoms with Gasteiger partial charge in [-0.2, -0.15) is 11.8 Å². The molecular weight excluding hydrogens is 343 g/mol. The van der Waals surface area contributed by atoms with Crippen LogP contribution in [0.1, 0.15) is 20.3 Å². The molecule has 17 heavy (non-hydrogen) atoms. The maximum atomic E-state index is 6.12. The molecular formula is C13H19IN2S. The molecule has 0 unspecified atom stereocenters. The van der Waals surface area contributed by atoms with Gasteiger partial charge in [-0.1, -0.05) is 13.8 Å². The molecule has 0 bridgehead atoms. The van der Waals surface area contributed by atoms with Gasteiger partial charge in [0.15, 0.2) is 0 Å². The molecule has 4 heteroatoms. The van der Waals surface area contributed by atoms with Crippen molar-refractivity contribution in [2.75, 3.05) is 29.5 Å². The first-order valence-electron chi connectivity index (χ1n) is 5.92. The van der Waals surface area contributed by atoms with Crippen LogP contribution in [-0.2, 0) is 0 Å². The second-order valence-corrected chi connectivity index (χ2v) is 8.10. The molecule has 0 atom stereocenters. The molecule has 2 N–H and O–H groups in total. The van der Waals surface area contributed by atoms with Crippen molar-refractivity contribution in [1.82, 2.24) is 0 Å². The Morgan fingerprint density at radius 3 is 2.82 bits per heavy atom. The van der Waals surface area contributed by atoms with Gasteiger partial charge in [-0.05, 0) is 47.2 Å². The van der Waals surface area contributed by atoms with Crippen LogP contribution in [0.15, 0.2) is 18.2 Å². The van der Waals surface area contributed by atoms with E-state index in [1.165, 1.54) is 21.4 Å². The average molecular weight is 362 g/mol. The molecule has 2 nitrogen and oxygen atoms in total. The van der Waals surface area contributed by atoms with E-state index in [0.717, 1.165) is 18.8 Å². The summed E-state index contributed by atoms with van der Waals surface area (Å²) in [6.45, 7) is 6.86. The zero-order chi connectivity index (χ0) is 12.5. The van der Waals surface area contributed by atoms with E-state index in [-0.39, 0.29) is 0 Å². The molecule has 0 spiro atoms. The highest BCUT2D eigenvalue weighted by atomic mass is 127. The first-order chi connectivity index (χ1) is 7.98. The minimum absolute atomic E-state index is 0.396. The van der Waals surface area contributed by atoms with Crippen molar-refractivity contribution in [3.8, 4) is 0 Å². The minimum atomic E-state index is 0.396. The third-order valence-corrected chi connectivity index (χ3v) is 5.21. The summed E-state index contributed by atoms with van der Waals surface area (Å²) in [5, 5.41) is 0. The smallest absolute Gasteiger partial charge is 0.0600 e. The van der Waals surface area contributed by atoms with Gasteiger partial charge in [-0.15, -0.1) is 0 Å². The van der Waals surface area contributed by atoms with E-state index in [1.54, 1.807) is 0 Å². The fourth-order valence-electron chi connectivity index (χ4n) is 2.07. The van der Waals surface area contributed by atoms with Gasteiger partial charge in [0.05, 0.1) is 11.4 Å². The second kappa shape index (κ2) is 5.26. The number of halogens is 1. The Morgan fingerprint density at radius 2 is 2.12 bits per heavy atom. The van der Waals surface area contributed by atoms with Crippen molar-refractivity contribution in [1.29, 1.82) is 0 Å². The second-order valence-electron chi connectivity index (χ2n) is 5.05. The normalized spacial score (nSPS) is 20.1. The van der Waals surface area contributed by atoms with Crippen LogP contribution in [0.2, 0.25) is 0 Å². The lowest BCUT2D eigenvalue weighted by Crippen LogP contribution is -2.27. The van der Waals surface area contributed by atoms with Gasteiger partial charge in [0.1, 0.15) is 0 Å². The molecule has 1 aromatic rings. The van der Waals surface area contributed by atoms with Gasteiger partial charge < -0.3 is 10.6 Å². The van der Waals surface area contributed by atoms with E-state index < -0.39 is 0 Å². The average Bonchev–Trinajstić information content (AvgIpc) is 2.40. The van der Waals surface area contributed by atoms with Crippen LogP contribution in [0.4, 0.5) is 11.4 Å². The largest absolute Gasteiger partial charge is 0.397 e. The molecule has 2 rings (SSSR count). The standard InChI is InChI=1S/C13H19IN2S/c1-13(2)5-6-16(7-8-17-13)12-4-3-10(14)9-11(12)15/h3-4,9H,5-8,15H2,1-2H3. The number of rotatable bonds is 1. The quantitative estimate of drug-likeness (QED) is 0.612. The summed E-state index contributed by atoms with van der Waals surface area (Å²) in [6, 6.07) is 6.34. The van der Waals surface area contributed by atoms with E-state index >= 15 is 0 Å². The number of benzene rings is 1. The number of nitrogens with two attached hydrogens (primary N) is 1. The van der Waals surface area contributed by atoms with Crippen molar-refractivity contribution in [3.05, 3.63) is 21.8 Å². The molecule has 0 aliphatic carbocycles. The number of nitrogens with zero attached hydrogens (tertiary/aromatic N) is 1. The van der Waals surface area contributed by atoms with Gasteiger partial charge in [-0.3, -0.25) is 0 Å². The minimum Gasteiger partial charge on any atom is -0.397 e. The van der Waals surface area contributed by atoms with Crippen LogP contribution in [0.25, 0.3) is 0 Å². The highest BCUT2D eigenvalue weighted by molar-refractivity contribution is 14.1. The van der Waals surface area contributed by atoms with E-state index in [9.17, 15) is 0 Å². The summed E-state index contributed by atoms with van der Waals surface area (Å²) < 4.78 is 1.60. The molecule has 1 fully saturated rings. The predicted octanol–water partition coefficient (Wildman–Crippen LogP) is 3.60. The fraction of sp³-hybridized carbons (Fsp3) is 0.538. The zero-order valence-corrected chi connectivity index (χ0v) is 13.3. The molecule has 0 saturated carbocycles. The highest BCUT2D eigenvalue weighted by Gasteiger charge is 2.24. The van der Waals surface area contributed by atoms with Gasteiger partial charge in [0.25, 0.3) is 0 Å². The van der Waals surface area contributed by atoms with Crippen LogP contribution in [0, 0.1) is 3.57 Å².